The maximum absolute atomic E-state index is 11.2. The molecule has 16 heavy (non-hydrogen) atoms. The molecule has 1 unspecified atom stereocenters. The SMILES string of the molecule is COC(=O)C(C)NCc1cn(C)nc1OC. The molecule has 1 heterocycles. The molecule has 1 rings (SSSR count). The highest BCUT2D eigenvalue weighted by atomic mass is 16.5. The highest BCUT2D eigenvalue weighted by molar-refractivity contribution is 5.75. The average Bonchev–Trinajstić information content (AvgIpc) is 2.65. The molecule has 0 saturated carbocycles. The van der Waals surface area contributed by atoms with Gasteiger partial charge in [-0.2, -0.15) is 0 Å². The van der Waals surface area contributed by atoms with E-state index in [4.69, 9.17) is 4.74 Å². The van der Waals surface area contributed by atoms with Gasteiger partial charge in [-0.3, -0.25) is 9.48 Å². The van der Waals surface area contributed by atoms with Gasteiger partial charge in [-0.25, -0.2) is 0 Å². The summed E-state index contributed by atoms with van der Waals surface area (Å²) in [5.41, 5.74) is 0.903. The summed E-state index contributed by atoms with van der Waals surface area (Å²) in [5, 5.41) is 7.14. The number of carbonyl (C=O) groups is 1. The molecule has 0 radical (unpaired) electrons. The second-order valence-corrected chi connectivity index (χ2v) is 3.46. The van der Waals surface area contributed by atoms with Gasteiger partial charge in [0.2, 0.25) is 5.88 Å². The van der Waals surface area contributed by atoms with Crippen molar-refractivity contribution in [2.75, 3.05) is 14.2 Å². The largest absolute Gasteiger partial charge is 0.480 e. The molecule has 0 aliphatic rings. The Hall–Kier alpha value is -1.56. The van der Waals surface area contributed by atoms with Gasteiger partial charge in [0.05, 0.1) is 14.2 Å². The summed E-state index contributed by atoms with van der Waals surface area (Å²) in [4.78, 5) is 11.2. The first-order valence-electron chi connectivity index (χ1n) is 4.96. The van der Waals surface area contributed by atoms with Crippen LogP contribution in [0.4, 0.5) is 0 Å². The van der Waals surface area contributed by atoms with Crippen molar-refractivity contribution in [1.82, 2.24) is 15.1 Å². The number of aryl methyl sites for hydroxylation is 1. The summed E-state index contributed by atoms with van der Waals surface area (Å²) in [6, 6.07) is -0.352. The Labute approximate surface area is 94.5 Å². The summed E-state index contributed by atoms with van der Waals surface area (Å²) in [6.07, 6.45) is 1.84. The highest BCUT2D eigenvalue weighted by Crippen LogP contribution is 2.14. The van der Waals surface area contributed by atoms with Crippen LogP contribution in [-0.2, 0) is 23.1 Å². The van der Waals surface area contributed by atoms with Crippen LogP contribution in [0.25, 0.3) is 0 Å². The number of esters is 1. The van der Waals surface area contributed by atoms with Crippen molar-refractivity contribution in [3.63, 3.8) is 0 Å². The summed E-state index contributed by atoms with van der Waals surface area (Å²) >= 11 is 0. The first-order chi connectivity index (χ1) is 7.58. The van der Waals surface area contributed by atoms with Gasteiger partial charge in [-0.05, 0) is 6.92 Å². The number of ether oxygens (including phenoxy) is 2. The lowest BCUT2D eigenvalue weighted by Gasteiger charge is -2.10. The van der Waals surface area contributed by atoms with Crippen LogP contribution in [0.2, 0.25) is 0 Å². The van der Waals surface area contributed by atoms with Crippen LogP contribution in [0.3, 0.4) is 0 Å². The van der Waals surface area contributed by atoms with Crippen molar-refractivity contribution in [3.8, 4) is 5.88 Å². The molecule has 90 valence electrons. The standard InChI is InChI=1S/C10H17N3O3/c1-7(10(14)16-4)11-5-8-6-13(2)12-9(8)15-3/h6-7,11H,5H2,1-4H3. The van der Waals surface area contributed by atoms with Crippen molar-refractivity contribution in [2.24, 2.45) is 7.05 Å². The van der Waals surface area contributed by atoms with E-state index in [1.807, 2.05) is 13.2 Å². The van der Waals surface area contributed by atoms with Crippen molar-refractivity contribution in [1.29, 1.82) is 0 Å². The molecule has 1 aromatic heterocycles. The van der Waals surface area contributed by atoms with E-state index in [0.717, 1.165) is 5.56 Å². The predicted molar refractivity (Wildman–Crippen MR) is 58.1 cm³/mol. The summed E-state index contributed by atoms with van der Waals surface area (Å²) in [5.74, 6) is 0.273. The predicted octanol–water partition coefficient (Wildman–Crippen LogP) is 0.0798. The third-order valence-corrected chi connectivity index (χ3v) is 2.21. The fraction of sp³-hybridized carbons (Fsp3) is 0.600. The van der Waals surface area contributed by atoms with Crippen molar-refractivity contribution in [2.45, 2.75) is 19.5 Å². The van der Waals surface area contributed by atoms with Crippen LogP contribution in [0.5, 0.6) is 5.88 Å². The summed E-state index contributed by atoms with van der Waals surface area (Å²) < 4.78 is 11.4. The first kappa shape index (κ1) is 12.5. The van der Waals surface area contributed by atoms with Gasteiger partial charge in [-0.15, -0.1) is 5.10 Å². The first-order valence-corrected chi connectivity index (χ1v) is 4.96. The van der Waals surface area contributed by atoms with Crippen molar-refractivity contribution >= 4 is 5.97 Å². The van der Waals surface area contributed by atoms with E-state index >= 15 is 0 Å². The fourth-order valence-corrected chi connectivity index (χ4v) is 1.33. The van der Waals surface area contributed by atoms with Gasteiger partial charge in [0.1, 0.15) is 6.04 Å². The zero-order valence-electron chi connectivity index (χ0n) is 9.98. The van der Waals surface area contributed by atoms with E-state index in [9.17, 15) is 4.79 Å². The van der Waals surface area contributed by atoms with E-state index in [1.54, 1.807) is 18.7 Å². The Morgan fingerprint density at radius 1 is 1.62 bits per heavy atom. The molecule has 6 heteroatoms. The number of carbonyl (C=O) groups excluding carboxylic acids is 1. The molecule has 1 aromatic rings. The second kappa shape index (κ2) is 5.50. The smallest absolute Gasteiger partial charge is 0.322 e. The van der Waals surface area contributed by atoms with Crippen molar-refractivity contribution < 1.29 is 14.3 Å². The van der Waals surface area contributed by atoms with Gasteiger partial charge >= 0.3 is 5.97 Å². The van der Waals surface area contributed by atoms with Gasteiger partial charge in [0, 0.05) is 25.4 Å². The summed E-state index contributed by atoms with van der Waals surface area (Å²) in [6.45, 7) is 2.25. The highest BCUT2D eigenvalue weighted by Gasteiger charge is 2.14. The van der Waals surface area contributed by atoms with Crippen LogP contribution in [-0.4, -0.2) is 36.0 Å². The lowest BCUT2D eigenvalue weighted by atomic mass is 10.3. The fourth-order valence-electron chi connectivity index (χ4n) is 1.33. The Morgan fingerprint density at radius 3 is 2.88 bits per heavy atom. The normalized spacial score (nSPS) is 12.2. The van der Waals surface area contributed by atoms with Crippen LogP contribution >= 0.6 is 0 Å². The van der Waals surface area contributed by atoms with Gasteiger partial charge in [-0.1, -0.05) is 0 Å². The Bertz CT molecular complexity index is 362. The molecule has 0 bridgehead atoms. The minimum absolute atomic E-state index is 0.289. The number of methoxy groups -OCH3 is 2. The van der Waals surface area contributed by atoms with Gasteiger partial charge in [0.25, 0.3) is 0 Å². The third-order valence-electron chi connectivity index (χ3n) is 2.21. The third kappa shape index (κ3) is 2.96. The molecule has 0 saturated heterocycles. The van der Waals surface area contributed by atoms with Crippen LogP contribution in [0.1, 0.15) is 12.5 Å². The van der Waals surface area contributed by atoms with E-state index in [0.29, 0.717) is 12.4 Å². The Balaban J connectivity index is 2.57. The van der Waals surface area contributed by atoms with Crippen LogP contribution in [0, 0.1) is 0 Å². The van der Waals surface area contributed by atoms with Crippen LogP contribution in [0.15, 0.2) is 6.20 Å². The van der Waals surface area contributed by atoms with Crippen molar-refractivity contribution in [3.05, 3.63) is 11.8 Å². The second-order valence-electron chi connectivity index (χ2n) is 3.46. The lowest BCUT2D eigenvalue weighted by molar-refractivity contribution is -0.142. The Morgan fingerprint density at radius 2 is 2.31 bits per heavy atom. The minimum atomic E-state index is -0.352. The Kier molecular flexibility index (Phi) is 4.30. The molecule has 0 aliphatic carbocycles. The molecule has 1 N–H and O–H groups in total. The lowest BCUT2D eigenvalue weighted by Crippen LogP contribution is -2.34. The monoisotopic (exact) mass is 227 g/mol. The number of nitrogens with zero attached hydrogens (tertiary/aromatic N) is 2. The zero-order valence-corrected chi connectivity index (χ0v) is 9.98. The number of aromatic nitrogens is 2. The maximum atomic E-state index is 11.2. The number of nitrogens with one attached hydrogen (secondary N) is 1. The van der Waals surface area contributed by atoms with E-state index in [2.05, 4.69) is 15.2 Å². The van der Waals surface area contributed by atoms with E-state index in [-0.39, 0.29) is 12.0 Å². The molecule has 0 aliphatic heterocycles. The molecule has 0 aromatic carbocycles. The zero-order chi connectivity index (χ0) is 12.1. The summed E-state index contributed by atoms with van der Waals surface area (Å²) in [7, 11) is 4.75. The van der Waals surface area contributed by atoms with Gasteiger partial charge in [0.15, 0.2) is 0 Å². The quantitative estimate of drug-likeness (QED) is 0.722. The maximum Gasteiger partial charge on any atom is 0.322 e. The molecular formula is C10H17N3O3. The topological polar surface area (TPSA) is 65.4 Å². The molecule has 0 amide bonds. The molecule has 0 spiro atoms. The number of hydrogen-bond acceptors (Lipinski definition) is 5. The average molecular weight is 227 g/mol. The van der Waals surface area contributed by atoms with Crippen LogP contribution < -0.4 is 10.1 Å². The molecule has 0 fully saturated rings. The molecular weight excluding hydrogens is 210 g/mol. The number of rotatable bonds is 5. The number of hydrogen-bond donors (Lipinski definition) is 1. The minimum Gasteiger partial charge on any atom is -0.480 e. The molecule has 6 nitrogen and oxygen atoms in total. The van der Waals surface area contributed by atoms with E-state index < -0.39 is 0 Å². The molecule has 1 atom stereocenters. The van der Waals surface area contributed by atoms with E-state index in [1.165, 1.54) is 7.11 Å². The van der Waals surface area contributed by atoms with Gasteiger partial charge < -0.3 is 14.8 Å².